The van der Waals surface area contributed by atoms with Crippen molar-refractivity contribution >= 4 is 0 Å². The number of nitrogens with zero attached hydrogens (tertiary/aromatic N) is 4. The molecule has 6 heteroatoms. The van der Waals surface area contributed by atoms with E-state index < -0.39 is 0 Å². The van der Waals surface area contributed by atoms with E-state index in [4.69, 9.17) is 5.73 Å². The molecule has 0 amide bonds. The van der Waals surface area contributed by atoms with Crippen LogP contribution in [0.3, 0.4) is 0 Å². The Hall–Kier alpha value is -1.82. The molecule has 15 heavy (non-hydrogen) atoms. The molecule has 2 rings (SSSR count). The molecular formula is C9H12N6. The highest BCUT2D eigenvalue weighted by Gasteiger charge is 2.09. The molecule has 3 N–H and O–H groups in total. The molecule has 0 aliphatic carbocycles. The zero-order valence-corrected chi connectivity index (χ0v) is 8.44. The van der Waals surface area contributed by atoms with Gasteiger partial charge in [0.1, 0.15) is 23.5 Å². The molecule has 0 spiro atoms. The van der Waals surface area contributed by atoms with Crippen LogP contribution in [0.4, 0.5) is 0 Å². The lowest BCUT2D eigenvalue weighted by Crippen LogP contribution is -2.03. The van der Waals surface area contributed by atoms with E-state index in [0.29, 0.717) is 12.2 Å². The molecule has 78 valence electrons. The number of hydrogen-bond acceptors (Lipinski definition) is 5. The molecular weight excluding hydrogens is 192 g/mol. The average Bonchev–Trinajstić information content (AvgIpc) is 2.61. The summed E-state index contributed by atoms with van der Waals surface area (Å²) in [4.78, 5) is 11.5. The highest BCUT2D eigenvalue weighted by Crippen LogP contribution is 2.16. The van der Waals surface area contributed by atoms with Gasteiger partial charge in [0.2, 0.25) is 0 Å². The van der Waals surface area contributed by atoms with Gasteiger partial charge in [-0.1, -0.05) is 0 Å². The average molecular weight is 204 g/mol. The molecule has 0 saturated heterocycles. The van der Waals surface area contributed by atoms with E-state index in [9.17, 15) is 0 Å². The summed E-state index contributed by atoms with van der Waals surface area (Å²) in [7, 11) is 0. The summed E-state index contributed by atoms with van der Waals surface area (Å²) < 4.78 is 0. The normalized spacial score (nSPS) is 10.5. The number of aromatic amines is 1. The topological polar surface area (TPSA) is 93.4 Å². The first kappa shape index (κ1) is 9.72. The predicted molar refractivity (Wildman–Crippen MR) is 54.9 cm³/mol. The van der Waals surface area contributed by atoms with E-state index in [2.05, 4.69) is 25.1 Å². The minimum Gasteiger partial charge on any atom is -0.345 e. The summed E-state index contributed by atoms with van der Waals surface area (Å²) in [6.07, 6.45) is 3.77. The van der Waals surface area contributed by atoms with Gasteiger partial charge in [0, 0.05) is 12.1 Å². The van der Waals surface area contributed by atoms with E-state index in [1.54, 1.807) is 6.20 Å². The van der Waals surface area contributed by atoms with Crippen LogP contribution in [0.1, 0.15) is 11.5 Å². The van der Waals surface area contributed by atoms with Gasteiger partial charge < -0.3 is 10.7 Å². The molecule has 0 atom stereocenters. The third kappa shape index (κ3) is 1.99. The van der Waals surface area contributed by atoms with Crippen LogP contribution in [0, 0.1) is 6.92 Å². The number of rotatable bonds is 3. The van der Waals surface area contributed by atoms with Crippen molar-refractivity contribution in [1.29, 1.82) is 0 Å². The number of aryl methyl sites for hydroxylation is 1. The first-order valence-electron chi connectivity index (χ1n) is 4.70. The Bertz CT molecular complexity index is 435. The number of aromatic nitrogens is 5. The second kappa shape index (κ2) is 4.14. The molecule has 2 heterocycles. The number of imidazole rings is 1. The fraction of sp³-hybridized carbons (Fsp3) is 0.333. The predicted octanol–water partition coefficient (Wildman–Crippen LogP) is 0.0713. The smallest absolute Gasteiger partial charge is 0.138 e. The molecule has 2 aromatic heterocycles. The molecule has 0 aliphatic rings. The molecule has 2 aromatic rings. The van der Waals surface area contributed by atoms with Crippen molar-refractivity contribution in [1.82, 2.24) is 25.1 Å². The summed E-state index contributed by atoms with van der Waals surface area (Å²) in [5, 5.41) is 7.67. The van der Waals surface area contributed by atoms with Gasteiger partial charge in [0.15, 0.2) is 0 Å². The monoisotopic (exact) mass is 204 g/mol. The van der Waals surface area contributed by atoms with Crippen molar-refractivity contribution in [2.24, 2.45) is 5.73 Å². The first-order chi connectivity index (χ1) is 7.31. The van der Waals surface area contributed by atoms with Gasteiger partial charge in [-0.05, 0) is 13.5 Å². The quantitative estimate of drug-likeness (QED) is 0.738. The van der Waals surface area contributed by atoms with Crippen LogP contribution in [0.5, 0.6) is 0 Å². The molecule has 0 aromatic carbocycles. The van der Waals surface area contributed by atoms with Crippen LogP contribution >= 0.6 is 0 Å². The summed E-state index contributed by atoms with van der Waals surface area (Å²) in [6.45, 7) is 2.52. The Labute approximate surface area is 87.0 Å². The lowest BCUT2D eigenvalue weighted by molar-refractivity contribution is 0.890. The Morgan fingerprint density at radius 2 is 2.33 bits per heavy atom. The van der Waals surface area contributed by atoms with Crippen molar-refractivity contribution in [2.75, 3.05) is 6.54 Å². The minimum absolute atomic E-state index is 0.575. The Morgan fingerprint density at radius 1 is 1.47 bits per heavy atom. The van der Waals surface area contributed by atoms with Crippen molar-refractivity contribution in [3.8, 4) is 11.4 Å². The van der Waals surface area contributed by atoms with E-state index in [1.807, 2.05) is 6.92 Å². The Balaban J connectivity index is 2.36. The standard InChI is InChI=1S/C9H12N6/c1-6-9(7-4-11-5-12-15-7)14-8(13-6)2-3-10/h4-5H,2-3,10H2,1H3,(H,13,14). The highest BCUT2D eigenvalue weighted by atomic mass is 15.1. The summed E-state index contributed by atoms with van der Waals surface area (Å²) >= 11 is 0. The third-order valence-corrected chi connectivity index (χ3v) is 2.04. The SMILES string of the molecule is Cc1[nH]c(CCN)nc1-c1cncnn1. The van der Waals surface area contributed by atoms with Crippen LogP contribution in [0.15, 0.2) is 12.5 Å². The van der Waals surface area contributed by atoms with Gasteiger partial charge in [-0.15, -0.1) is 10.2 Å². The fourth-order valence-electron chi connectivity index (χ4n) is 1.38. The van der Waals surface area contributed by atoms with Crippen LogP contribution in [0.25, 0.3) is 11.4 Å². The molecule has 0 radical (unpaired) electrons. The number of H-pyrrole nitrogens is 1. The lowest BCUT2D eigenvalue weighted by Gasteiger charge is -1.93. The van der Waals surface area contributed by atoms with Gasteiger partial charge in [0.05, 0.1) is 6.20 Å². The highest BCUT2D eigenvalue weighted by molar-refractivity contribution is 5.55. The summed E-state index contributed by atoms with van der Waals surface area (Å²) in [5.74, 6) is 0.871. The largest absolute Gasteiger partial charge is 0.345 e. The molecule has 0 aliphatic heterocycles. The molecule has 0 bridgehead atoms. The molecule has 0 saturated carbocycles. The van der Waals surface area contributed by atoms with Crippen LogP contribution in [-0.4, -0.2) is 31.7 Å². The van der Waals surface area contributed by atoms with E-state index >= 15 is 0 Å². The fourth-order valence-corrected chi connectivity index (χ4v) is 1.38. The number of nitrogens with two attached hydrogens (primary N) is 1. The zero-order chi connectivity index (χ0) is 10.7. The van der Waals surface area contributed by atoms with E-state index in [0.717, 1.165) is 23.6 Å². The maximum Gasteiger partial charge on any atom is 0.138 e. The van der Waals surface area contributed by atoms with Crippen molar-refractivity contribution in [2.45, 2.75) is 13.3 Å². The maximum absolute atomic E-state index is 5.46. The Kier molecular flexibility index (Phi) is 2.68. The number of hydrogen-bond donors (Lipinski definition) is 2. The molecule has 0 unspecified atom stereocenters. The van der Waals surface area contributed by atoms with Crippen molar-refractivity contribution in [3.05, 3.63) is 24.0 Å². The van der Waals surface area contributed by atoms with Gasteiger partial charge in [-0.3, -0.25) is 0 Å². The summed E-state index contributed by atoms with van der Waals surface area (Å²) in [6, 6.07) is 0. The van der Waals surface area contributed by atoms with Gasteiger partial charge in [-0.2, -0.15) is 0 Å². The van der Waals surface area contributed by atoms with Crippen LogP contribution in [0.2, 0.25) is 0 Å². The third-order valence-electron chi connectivity index (χ3n) is 2.04. The minimum atomic E-state index is 0.575. The summed E-state index contributed by atoms with van der Waals surface area (Å²) in [5.41, 5.74) is 7.88. The van der Waals surface area contributed by atoms with Crippen molar-refractivity contribution < 1.29 is 0 Å². The van der Waals surface area contributed by atoms with E-state index in [-0.39, 0.29) is 0 Å². The van der Waals surface area contributed by atoms with Crippen LogP contribution < -0.4 is 5.73 Å². The van der Waals surface area contributed by atoms with E-state index in [1.165, 1.54) is 6.33 Å². The first-order valence-corrected chi connectivity index (χ1v) is 4.70. The van der Waals surface area contributed by atoms with Crippen LogP contribution in [-0.2, 0) is 6.42 Å². The van der Waals surface area contributed by atoms with Gasteiger partial charge >= 0.3 is 0 Å². The van der Waals surface area contributed by atoms with Gasteiger partial charge in [0.25, 0.3) is 0 Å². The van der Waals surface area contributed by atoms with Gasteiger partial charge in [-0.25, -0.2) is 9.97 Å². The zero-order valence-electron chi connectivity index (χ0n) is 8.44. The second-order valence-corrected chi connectivity index (χ2v) is 3.19. The molecule has 0 fully saturated rings. The Morgan fingerprint density at radius 3 is 3.00 bits per heavy atom. The lowest BCUT2D eigenvalue weighted by atomic mass is 10.3. The maximum atomic E-state index is 5.46. The second-order valence-electron chi connectivity index (χ2n) is 3.19. The van der Waals surface area contributed by atoms with Crippen molar-refractivity contribution in [3.63, 3.8) is 0 Å². The number of nitrogens with one attached hydrogen (secondary N) is 1. The molecule has 6 nitrogen and oxygen atoms in total.